The van der Waals surface area contributed by atoms with Crippen molar-refractivity contribution in [1.29, 1.82) is 0 Å². The summed E-state index contributed by atoms with van der Waals surface area (Å²) in [7, 11) is -3.35. The Kier molecular flexibility index (Phi) is 5.14. The van der Waals surface area contributed by atoms with Gasteiger partial charge < -0.3 is 10.3 Å². The first kappa shape index (κ1) is 17.6. The van der Waals surface area contributed by atoms with Gasteiger partial charge in [0.2, 0.25) is 11.7 Å². The molecule has 1 aromatic carbocycles. The molecular formula is C13H18ClN3O3S. The molecule has 0 spiro atoms. The predicted molar refractivity (Wildman–Crippen MR) is 82.7 cm³/mol. The van der Waals surface area contributed by atoms with Crippen LogP contribution >= 0.6 is 12.4 Å². The number of hydrogen-bond acceptors (Lipinski definition) is 6. The second kappa shape index (κ2) is 6.13. The van der Waals surface area contributed by atoms with Crippen LogP contribution in [-0.2, 0) is 21.1 Å². The molecule has 0 atom stereocenters. The number of hydrogen-bond donors (Lipinski definition) is 1. The van der Waals surface area contributed by atoms with Crippen LogP contribution in [0.25, 0.3) is 11.4 Å². The van der Waals surface area contributed by atoms with Crippen molar-refractivity contribution in [2.45, 2.75) is 25.1 Å². The van der Waals surface area contributed by atoms with E-state index in [-0.39, 0.29) is 18.3 Å². The van der Waals surface area contributed by atoms with Gasteiger partial charge in [0.15, 0.2) is 9.84 Å². The Bertz CT molecular complexity index is 709. The molecular weight excluding hydrogens is 314 g/mol. The summed E-state index contributed by atoms with van der Waals surface area (Å²) in [6.45, 7) is 3.53. The Morgan fingerprint density at radius 2 is 1.81 bits per heavy atom. The summed E-state index contributed by atoms with van der Waals surface area (Å²) in [6, 6.07) is 7.38. The van der Waals surface area contributed by atoms with E-state index in [4.69, 9.17) is 10.3 Å². The molecule has 21 heavy (non-hydrogen) atoms. The first-order valence-electron chi connectivity index (χ1n) is 6.09. The normalized spacial score (nSPS) is 12.0. The van der Waals surface area contributed by atoms with Gasteiger partial charge in [0, 0.05) is 18.4 Å². The predicted octanol–water partition coefficient (Wildman–Crippen LogP) is 1.90. The molecule has 0 aliphatic rings. The van der Waals surface area contributed by atoms with Crippen LogP contribution in [0.2, 0.25) is 0 Å². The van der Waals surface area contributed by atoms with E-state index in [1.54, 1.807) is 0 Å². The fourth-order valence-electron chi connectivity index (χ4n) is 1.53. The maximum absolute atomic E-state index is 11.7. The second-order valence-electron chi connectivity index (χ2n) is 5.11. The summed E-state index contributed by atoms with van der Waals surface area (Å²) in [4.78, 5) is 4.19. The van der Waals surface area contributed by atoms with Crippen molar-refractivity contribution in [2.75, 3.05) is 6.26 Å². The van der Waals surface area contributed by atoms with Gasteiger partial charge in [-0.1, -0.05) is 29.4 Å². The standard InChI is InChI=1S/C13H17N3O3S.ClH/c1-13(2,20(3,17)18)12-15-11(16-19-12)10-6-4-9(8-14)5-7-10;/h4-7H,8,14H2,1-3H3;1H. The molecule has 0 aliphatic carbocycles. The lowest BCUT2D eigenvalue weighted by Gasteiger charge is -2.16. The molecule has 8 heteroatoms. The minimum absolute atomic E-state index is 0. The van der Waals surface area contributed by atoms with E-state index < -0.39 is 14.6 Å². The summed E-state index contributed by atoms with van der Waals surface area (Å²) in [6.07, 6.45) is 1.15. The fraction of sp³-hybridized carbons (Fsp3) is 0.385. The van der Waals surface area contributed by atoms with E-state index in [0.29, 0.717) is 12.4 Å². The summed E-state index contributed by atoms with van der Waals surface area (Å²) >= 11 is 0. The Labute approximate surface area is 130 Å². The van der Waals surface area contributed by atoms with E-state index in [1.165, 1.54) is 13.8 Å². The van der Waals surface area contributed by atoms with Crippen LogP contribution in [0.1, 0.15) is 25.3 Å². The zero-order valence-corrected chi connectivity index (χ0v) is 13.7. The first-order chi connectivity index (χ1) is 9.25. The quantitative estimate of drug-likeness (QED) is 0.918. The molecule has 6 nitrogen and oxygen atoms in total. The van der Waals surface area contributed by atoms with Gasteiger partial charge in [-0.3, -0.25) is 0 Å². The Morgan fingerprint density at radius 1 is 1.24 bits per heavy atom. The number of aromatic nitrogens is 2. The molecule has 116 valence electrons. The third-order valence-electron chi connectivity index (χ3n) is 3.32. The number of sulfone groups is 1. The van der Waals surface area contributed by atoms with Gasteiger partial charge in [-0.2, -0.15) is 4.98 Å². The molecule has 0 unspecified atom stereocenters. The van der Waals surface area contributed by atoms with E-state index >= 15 is 0 Å². The van der Waals surface area contributed by atoms with Crippen LogP contribution < -0.4 is 5.73 Å². The van der Waals surface area contributed by atoms with Crippen LogP contribution in [0, 0.1) is 0 Å². The third kappa shape index (κ3) is 3.42. The highest BCUT2D eigenvalue weighted by Crippen LogP contribution is 2.29. The van der Waals surface area contributed by atoms with Gasteiger partial charge in [-0.15, -0.1) is 12.4 Å². The van der Waals surface area contributed by atoms with Crippen LogP contribution in [-0.4, -0.2) is 24.8 Å². The van der Waals surface area contributed by atoms with Crippen molar-refractivity contribution in [1.82, 2.24) is 10.1 Å². The van der Waals surface area contributed by atoms with Crippen LogP contribution in [0.3, 0.4) is 0 Å². The average Bonchev–Trinajstić information content (AvgIpc) is 2.87. The molecule has 0 radical (unpaired) electrons. The summed E-state index contributed by atoms with van der Waals surface area (Å²) in [5, 5.41) is 3.84. The largest absolute Gasteiger partial charge is 0.337 e. The van der Waals surface area contributed by atoms with Crippen molar-refractivity contribution in [3.05, 3.63) is 35.7 Å². The molecule has 2 N–H and O–H groups in total. The average molecular weight is 332 g/mol. The van der Waals surface area contributed by atoms with E-state index in [0.717, 1.165) is 17.4 Å². The van der Waals surface area contributed by atoms with Crippen LogP contribution in [0.15, 0.2) is 28.8 Å². The highest BCUT2D eigenvalue weighted by Gasteiger charge is 2.38. The van der Waals surface area contributed by atoms with Gasteiger partial charge >= 0.3 is 0 Å². The zero-order chi connectivity index (χ0) is 15.0. The SMILES string of the molecule is CC(C)(c1nc(-c2ccc(CN)cc2)no1)S(C)(=O)=O.Cl. The molecule has 1 heterocycles. The summed E-state index contributed by atoms with van der Waals surface area (Å²) in [5.74, 6) is 0.443. The molecule has 2 aromatic rings. The summed E-state index contributed by atoms with van der Waals surface area (Å²) < 4.78 is 27.4. The van der Waals surface area contributed by atoms with Crippen molar-refractivity contribution < 1.29 is 12.9 Å². The fourth-order valence-corrected chi connectivity index (χ4v) is 1.93. The topological polar surface area (TPSA) is 99.1 Å². The molecule has 0 fully saturated rings. The van der Waals surface area contributed by atoms with Crippen molar-refractivity contribution in [3.63, 3.8) is 0 Å². The summed E-state index contributed by atoms with van der Waals surface area (Å²) in [5.41, 5.74) is 7.28. The van der Waals surface area contributed by atoms with Crippen LogP contribution in [0.5, 0.6) is 0 Å². The lowest BCUT2D eigenvalue weighted by Crippen LogP contribution is -2.28. The molecule has 0 saturated heterocycles. The molecule has 2 rings (SSSR count). The second-order valence-corrected chi connectivity index (χ2v) is 7.67. The van der Waals surface area contributed by atoms with Crippen LogP contribution in [0.4, 0.5) is 0 Å². The number of benzene rings is 1. The van der Waals surface area contributed by atoms with Crippen molar-refractivity contribution >= 4 is 22.2 Å². The third-order valence-corrected chi connectivity index (χ3v) is 5.34. The Morgan fingerprint density at radius 3 is 2.29 bits per heavy atom. The molecule has 0 bridgehead atoms. The number of rotatable bonds is 4. The number of halogens is 1. The molecule has 1 aromatic heterocycles. The Balaban J connectivity index is 0.00000220. The highest BCUT2D eigenvalue weighted by molar-refractivity contribution is 7.91. The number of nitrogens with two attached hydrogens (primary N) is 1. The monoisotopic (exact) mass is 331 g/mol. The van der Waals surface area contributed by atoms with Crippen molar-refractivity contribution in [3.8, 4) is 11.4 Å². The minimum Gasteiger partial charge on any atom is -0.337 e. The highest BCUT2D eigenvalue weighted by atomic mass is 35.5. The maximum Gasteiger partial charge on any atom is 0.247 e. The molecule has 0 aliphatic heterocycles. The van der Waals surface area contributed by atoms with E-state index in [1.807, 2.05) is 24.3 Å². The van der Waals surface area contributed by atoms with E-state index in [2.05, 4.69) is 10.1 Å². The molecule has 0 amide bonds. The lowest BCUT2D eigenvalue weighted by atomic mass is 10.1. The zero-order valence-electron chi connectivity index (χ0n) is 12.0. The van der Waals surface area contributed by atoms with Gasteiger partial charge in [0.25, 0.3) is 0 Å². The van der Waals surface area contributed by atoms with E-state index in [9.17, 15) is 8.42 Å². The lowest BCUT2D eigenvalue weighted by molar-refractivity contribution is 0.348. The first-order valence-corrected chi connectivity index (χ1v) is 7.98. The number of nitrogens with zero attached hydrogens (tertiary/aromatic N) is 2. The van der Waals surface area contributed by atoms with Gasteiger partial charge in [0.05, 0.1) is 0 Å². The minimum atomic E-state index is -3.35. The smallest absolute Gasteiger partial charge is 0.247 e. The van der Waals surface area contributed by atoms with Gasteiger partial charge in [0.1, 0.15) is 4.75 Å². The maximum atomic E-state index is 11.7. The molecule has 0 saturated carbocycles. The van der Waals surface area contributed by atoms with Gasteiger partial charge in [-0.05, 0) is 19.4 Å². The van der Waals surface area contributed by atoms with Gasteiger partial charge in [-0.25, -0.2) is 8.42 Å². The Hall–Kier alpha value is -1.44. The van der Waals surface area contributed by atoms with Crippen molar-refractivity contribution in [2.24, 2.45) is 5.73 Å².